The lowest BCUT2D eigenvalue weighted by Crippen LogP contribution is -2.13. The molecule has 1 atom stereocenters. The van der Waals surface area contributed by atoms with Gasteiger partial charge in [-0.05, 0) is 41.6 Å². The summed E-state index contributed by atoms with van der Waals surface area (Å²) in [6.45, 7) is 1.88. The van der Waals surface area contributed by atoms with Crippen molar-refractivity contribution in [3.63, 3.8) is 0 Å². The lowest BCUT2D eigenvalue weighted by atomic mass is 10.1. The van der Waals surface area contributed by atoms with Crippen LogP contribution in [0.1, 0.15) is 12.5 Å². The Kier molecular flexibility index (Phi) is 4.64. The number of pyridine rings is 1. The van der Waals surface area contributed by atoms with E-state index in [2.05, 4.69) is 30.9 Å². The average molecular weight is 426 g/mol. The van der Waals surface area contributed by atoms with Crippen molar-refractivity contribution in [2.75, 3.05) is 18.8 Å². The highest BCUT2D eigenvalue weighted by Crippen LogP contribution is 2.31. The third-order valence-electron chi connectivity index (χ3n) is 5.13. The fourth-order valence-electron chi connectivity index (χ4n) is 3.54. The second-order valence-corrected chi connectivity index (χ2v) is 7.41. The van der Waals surface area contributed by atoms with E-state index >= 15 is 0 Å². The molecule has 1 aliphatic rings. The summed E-state index contributed by atoms with van der Waals surface area (Å²) in [5.74, 6) is -0.137. The molecule has 4 heterocycles. The summed E-state index contributed by atoms with van der Waals surface area (Å²) >= 11 is 5.91. The molecule has 1 saturated heterocycles. The Labute approximate surface area is 175 Å². The third-order valence-corrected chi connectivity index (χ3v) is 5.42. The number of hydrogen-bond donors (Lipinski definition) is 2. The molecule has 1 fully saturated rings. The Morgan fingerprint density at radius 2 is 2.13 bits per heavy atom. The van der Waals surface area contributed by atoms with Gasteiger partial charge in [0.05, 0.1) is 22.8 Å². The van der Waals surface area contributed by atoms with Gasteiger partial charge in [-0.3, -0.25) is 4.68 Å². The first-order valence-corrected chi connectivity index (χ1v) is 9.73. The second kappa shape index (κ2) is 7.47. The van der Waals surface area contributed by atoms with Crippen LogP contribution in [0.3, 0.4) is 0 Å². The zero-order valence-electron chi connectivity index (χ0n) is 15.7. The molecule has 0 bridgehead atoms. The van der Waals surface area contributed by atoms with Gasteiger partial charge in [0.2, 0.25) is 0 Å². The fourth-order valence-corrected chi connectivity index (χ4v) is 3.71. The number of nitrogens with zero attached hydrogens (tertiary/aromatic N) is 7. The molecule has 0 aliphatic carbocycles. The van der Waals surface area contributed by atoms with Crippen molar-refractivity contribution < 1.29 is 4.39 Å². The van der Waals surface area contributed by atoms with Gasteiger partial charge in [0.15, 0.2) is 11.6 Å². The summed E-state index contributed by atoms with van der Waals surface area (Å²) in [6.07, 6.45) is 6.47. The quantitative estimate of drug-likeness (QED) is 0.516. The van der Waals surface area contributed by atoms with Gasteiger partial charge in [-0.25, -0.2) is 9.37 Å². The molecule has 0 radical (unpaired) electrons. The molecule has 5 rings (SSSR count). The van der Waals surface area contributed by atoms with Crippen LogP contribution < -0.4 is 11.1 Å². The Hall–Kier alpha value is -3.37. The van der Waals surface area contributed by atoms with E-state index in [1.165, 1.54) is 16.8 Å². The van der Waals surface area contributed by atoms with Gasteiger partial charge in [0.1, 0.15) is 11.5 Å². The second-order valence-electron chi connectivity index (χ2n) is 7.00. The van der Waals surface area contributed by atoms with Crippen molar-refractivity contribution in [3.05, 3.63) is 53.7 Å². The Balaban J connectivity index is 1.56. The van der Waals surface area contributed by atoms with Gasteiger partial charge in [0.25, 0.3) is 0 Å². The van der Waals surface area contributed by atoms with Crippen LogP contribution in [0, 0.1) is 5.82 Å². The van der Waals surface area contributed by atoms with Crippen LogP contribution in [0.4, 0.5) is 10.2 Å². The van der Waals surface area contributed by atoms with E-state index in [9.17, 15) is 4.39 Å². The van der Waals surface area contributed by atoms with Crippen molar-refractivity contribution in [1.29, 1.82) is 0 Å². The maximum absolute atomic E-state index is 14.5. The number of anilines is 1. The Morgan fingerprint density at radius 1 is 1.23 bits per heavy atom. The van der Waals surface area contributed by atoms with Crippen molar-refractivity contribution in [2.24, 2.45) is 0 Å². The van der Waals surface area contributed by atoms with E-state index in [1.54, 1.807) is 18.5 Å². The molecule has 3 N–H and O–H groups in total. The summed E-state index contributed by atoms with van der Waals surface area (Å²) in [5, 5.41) is 19.4. The van der Waals surface area contributed by atoms with E-state index in [0.29, 0.717) is 11.6 Å². The first-order chi connectivity index (χ1) is 14.6. The van der Waals surface area contributed by atoms with Gasteiger partial charge in [0, 0.05) is 30.1 Å². The highest BCUT2D eigenvalue weighted by molar-refractivity contribution is 6.30. The van der Waals surface area contributed by atoms with E-state index in [0.717, 1.165) is 30.6 Å². The molecular formula is C19H17ClFN9. The standard InChI is InChI=1S/C19H17ClFN9/c20-15-2-1-3-16(17(15)21)30-19(26-27-28-30)14-6-11(7-24-18(14)22)12-8-25-29(10-12)13-4-5-23-9-13/h1-3,6-8,10,13,23H,4-5,9H2,(H2,22,24)/t13-/m1/s1. The predicted molar refractivity (Wildman–Crippen MR) is 110 cm³/mol. The minimum atomic E-state index is -0.623. The van der Waals surface area contributed by atoms with E-state index in [4.69, 9.17) is 17.3 Å². The van der Waals surface area contributed by atoms with Crippen LogP contribution in [0.25, 0.3) is 28.2 Å². The number of benzene rings is 1. The molecule has 1 aliphatic heterocycles. The minimum absolute atomic E-state index is 0.0254. The van der Waals surface area contributed by atoms with Gasteiger partial charge in [-0.15, -0.1) is 5.10 Å². The molecular weight excluding hydrogens is 409 g/mol. The highest BCUT2D eigenvalue weighted by Gasteiger charge is 2.20. The van der Waals surface area contributed by atoms with Crippen molar-refractivity contribution >= 4 is 17.4 Å². The topological polar surface area (TPSA) is 112 Å². The minimum Gasteiger partial charge on any atom is -0.383 e. The van der Waals surface area contributed by atoms with Crippen LogP contribution >= 0.6 is 11.6 Å². The molecule has 9 nitrogen and oxygen atoms in total. The molecule has 0 unspecified atom stereocenters. The highest BCUT2D eigenvalue weighted by atomic mass is 35.5. The zero-order chi connectivity index (χ0) is 20.7. The summed E-state index contributed by atoms with van der Waals surface area (Å²) in [4.78, 5) is 4.29. The molecule has 3 aromatic heterocycles. The SMILES string of the molecule is Nc1ncc(-c2cnn([C@@H]3CCNC3)c2)cc1-c1nnnn1-c1cccc(Cl)c1F. The van der Waals surface area contributed by atoms with Crippen molar-refractivity contribution in [1.82, 2.24) is 40.3 Å². The molecule has 11 heteroatoms. The first kappa shape index (κ1) is 18.6. The Bertz CT molecular complexity index is 1210. The number of rotatable bonds is 4. The van der Waals surface area contributed by atoms with Crippen LogP contribution in [-0.2, 0) is 0 Å². The van der Waals surface area contributed by atoms with Crippen LogP contribution in [-0.4, -0.2) is 48.1 Å². The molecule has 0 saturated carbocycles. The molecule has 1 aromatic carbocycles. The fraction of sp³-hybridized carbons (Fsp3) is 0.211. The molecule has 0 amide bonds. The summed E-state index contributed by atoms with van der Waals surface area (Å²) in [7, 11) is 0. The maximum Gasteiger partial charge on any atom is 0.190 e. The zero-order valence-corrected chi connectivity index (χ0v) is 16.5. The number of hydrogen-bond acceptors (Lipinski definition) is 7. The van der Waals surface area contributed by atoms with Crippen molar-refractivity contribution in [3.8, 4) is 28.2 Å². The summed E-state index contributed by atoms with van der Waals surface area (Å²) in [6, 6.07) is 6.77. The predicted octanol–water partition coefficient (Wildman–Crippen LogP) is 2.50. The number of nitrogen functional groups attached to an aromatic ring is 1. The summed E-state index contributed by atoms with van der Waals surface area (Å²) < 4.78 is 17.8. The smallest absolute Gasteiger partial charge is 0.190 e. The van der Waals surface area contributed by atoms with Gasteiger partial charge < -0.3 is 11.1 Å². The number of halogens is 2. The van der Waals surface area contributed by atoms with Gasteiger partial charge in [-0.1, -0.05) is 17.7 Å². The number of nitrogens with one attached hydrogen (secondary N) is 1. The van der Waals surface area contributed by atoms with E-state index in [-0.39, 0.29) is 22.4 Å². The first-order valence-electron chi connectivity index (χ1n) is 9.35. The lowest BCUT2D eigenvalue weighted by Gasteiger charge is -2.09. The van der Waals surface area contributed by atoms with E-state index in [1.807, 2.05) is 16.9 Å². The normalized spacial score (nSPS) is 16.3. The molecule has 152 valence electrons. The molecule has 4 aromatic rings. The lowest BCUT2D eigenvalue weighted by molar-refractivity contribution is 0.491. The van der Waals surface area contributed by atoms with Crippen LogP contribution in [0.2, 0.25) is 5.02 Å². The monoisotopic (exact) mass is 425 g/mol. The van der Waals surface area contributed by atoms with Gasteiger partial charge in [-0.2, -0.15) is 9.78 Å². The van der Waals surface area contributed by atoms with Crippen LogP contribution in [0.15, 0.2) is 42.9 Å². The third kappa shape index (κ3) is 3.19. The van der Waals surface area contributed by atoms with E-state index < -0.39 is 5.82 Å². The maximum atomic E-state index is 14.5. The Morgan fingerprint density at radius 3 is 2.97 bits per heavy atom. The number of tetrazole rings is 1. The van der Waals surface area contributed by atoms with Crippen LogP contribution in [0.5, 0.6) is 0 Å². The largest absolute Gasteiger partial charge is 0.383 e. The number of aromatic nitrogens is 7. The number of nitrogens with two attached hydrogens (primary N) is 1. The summed E-state index contributed by atoms with van der Waals surface area (Å²) in [5.41, 5.74) is 8.40. The molecule has 0 spiro atoms. The van der Waals surface area contributed by atoms with Gasteiger partial charge >= 0.3 is 0 Å². The van der Waals surface area contributed by atoms with Crippen molar-refractivity contribution in [2.45, 2.75) is 12.5 Å². The average Bonchev–Trinajstić information content (AvgIpc) is 3.51. The molecule has 30 heavy (non-hydrogen) atoms.